The standard InChI is InChI=1S/C26H32BrFN4O2/c1-17-24(26(33)31-8-4-18(5-9-31)12-20-7-11-34-15-23(20)28)29-16-30-25(17)32-10-6-19-2-3-22(27)13-21(19)14-32/h2-3,13,16,18,20,23H,4-12,14-15H2,1H3/t20-,23-/m1/s1. The van der Waals surface area contributed by atoms with Gasteiger partial charge in [-0.3, -0.25) is 4.79 Å². The van der Waals surface area contributed by atoms with Crippen LogP contribution in [0.25, 0.3) is 0 Å². The predicted octanol–water partition coefficient (Wildman–Crippen LogP) is 4.73. The third-order valence-corrected chi connectivity index (χ3v) is 8.19. The molecule has 182 valence electrons. The first-order valence-corrected chi connectivity index (χ1v) is 13.1. The minimum atomic E-state index is -0.849. The number of aromatic nitrogens is 2. The number of alkyl halides is 1. The Balaban J connectivity index is 1.23. The molecule has 6 nitrogen and oxygen atoms in total. The molecule has 0 N–H and O–H groups in total. The molecular formula is C26H32BrFN4O2. The van der Waals surface area contributed by atoms with Crippen molar-refractivity contribution < 1.29 is 13.9 Å². The van der Waals surface area contributed by atoms with Gasteiger partial charge in [0.2, 0.25) is 0 Å². The Hall–Kier alpha value is -2.06. The zero-order chi connectivity index (χ0) is 23.7. The molecule has 8 heteroatoms. The second-order valence-electron chi connectivity index (χ2n) is 9.87. The molecule has 1 amide bonds. The fourth-order valence-corrected chi connectivity index (χ4v) is 6.05. The maximum atomic E-state index is 14.2. The van der Waals surface area contributed by atoms with Crippen molar-refractivity contribution in [2.45, 2.75) is 51.7 Å². The lowest BCUT2D eigenvalue weighted by atomic mass is 9.83. The summed E-state index contributed by atoms with van der Waals surface area (Å²) in [5.41, 5.74) is 3.99. The summed E-state index contributed by atoms with van der Waals surface area (Å²) >= 11 is 3.57. The SMILES string of the molecule is Cc1c(C(=O)N2CCC(C[C@H]3CCOC[C@H]3F)CC2)ncnc1N1CCc2ccc(Br)cc2C1. The van der Waals surface area contributed by atoms with Gasteiger partial charge in [-0.25, -0.2) is 14.4 Å². The molecule has 3 aliphatic rings. The quantitative estimate of drug-likeness (QED) is 0.571. The third kappa shape index (κ3) is 4.98. The Bertz CT molecular complexity index is 1040. The molecule has 2 aromatic rings. The molecule has 0 spiro atoms. The predicted molar refractivity (Wildman–Crippen MR) is 133 cm³/mol. The van der Waals surface area contributed by atoms with Crippen LogP contribution in [-0.2, 0) is 17.7 Å². The zero-order valence-electron chi connectivity index (χ0n) is 19.7. The van der Waals surface area contributed by atoms with Crippen LogP contribution in [0.4, 0.5) is 10.2 Å². The number of hydrogen-bond donors (Lipinski definition) is 0. The number of carbonyl (C=O) groups excluding carboxylic acids is 1. The summed E-state index contributed by atoms with van der Waals surface area (Å²) in [4.78, 5) is 26.5. The van der Waals surface area contributed by atoms with Crippen molar-refractivity contribution in [3.8, 4) is 0 Å². The van der Waals surface area contributed by atoms with E-state index in [1.807, 2.05) is 11.8 Å². The van der Waals surface area contributed by atoms with Gasteiger partial charge in [0, 0.05) is 42.8 Å². The van der Waals surface area contributed by atoms with Crippen LogP contribution in [0.1, 0.15) is 52.9 Å². The van der Waals surface area contributed by atoms with Gasteiger partial charge >= 0.3 is 0 Å². The summed E-state index contributed by atoms with van der Waals surface area (Å²) < 4.78 is 20.5. The van der Waals surface area contributed by atoms with Gasteiger partial charge < -0.3 is 14.5 Å². The summed E-state index contributed by atoms with van der Waals surface area (Å²) in [6, 6.07) is 6.43. The third-order valence-electron chi connectivity index (χ3n) is 7.70. The van der Waals surface area contributed by atoms with Crippen molar-refractivity contribution >= 4 is 27.7 Å². The van der Waals surface area contributed by atoms with Crippen molar-refractivity contribution in [1.82, 2.24) is 14.9 Å². The number of halogens is 2. The molecule has 2 fully saturated rings. The molecule has 34 heavy (non-hydrogen) atoms. The first-order chi connectivity index (χ1) is 16.5. The van der Waals surface area contributed by atoms with Crippen LogP contribution in [0.3, 0.4) is 0 Å². The number of nitrogens with zero attached hydrogens (tertiary/aromatic N) is 4. The van der Waals surface area contributed by atoms with E-state index in [9.17, 15) is 9.18 Å². The number of benzene rings is 1. The lowest BCUT2D eigenvalue weighted by Gasteiger charge is -2.35. The molecule has 0 aliphatic carbocycles. The summed E-state index contributed by atoms with van der Waals surface area (Å²) in [5, 5.41) is 0. The summed E-state index contributed by atoms with van der Waals surface area (Å²) in [7, 11) is 0. The molecule has 2 saturated heterocycles. The number of carbonyl (C=O) groups is 1. The average Bonchev–Trinajstić information content (AvgIpc) is 2.85. The van der Waals surface area contributed by atoms with E-state index >= 15 is 0 Å². The van der Waals surface area contributed by atoms with Crippen LogP contribution in [-0.4, -0.2) is 59.8 Å². The molecule has 4 heterocycles. The van der Waals surface area contributed by atoms with Gasteiger partial charge in [0.25, 0.3) is 5.91 Å². The Morgan fingerprint density at radius 2 is 2.00 bits per heavy atom. The second-order valence-corrected chi connectivity index (χ2v) is 10.8. The second kappa shape index (κ2) is 10.3. The van der Waals surface area contributed by atoms with Gasteiger partial charge in [0.15, 0.2) is 0 Å². The van der Waals surface area contributed by atoms with E-state index in [0.717, 1.165) is 61.0 Å². The Morgan fingerprint density at radius 3 is 2.79 bits per heavy atom. The van der Waals surface area contributed by atoms with Gasteiger partial charge in [-0.1, -0.05) is 22.0 Å². The summed E-state index contributed by atoms with van der Waals surface area (Å²) in [6.07, 6.45) is 5.17. The molecule has 1 aromatic carbocycles. The average molecular weight is 531 g/mol. The van der Waals surface area contributed by atoms with E-state index in [1.165, 1.54) is 17.5 Å². The number of anilines is 1. The number of fused-ring (bicyclic) bond motifs is 1. The molecule has 3 aliphatic heterocycles. The lowest BCUT2D eigenvalue weighted by molar-refractivity contribution is -0.0119. The Morgan fingerprint density at radius 1 is 1.18 bits per heavy atom. The monoisotopic (exact) mass is 530 g/mol. The highest BCUT2D eigenvalue weighted by Crippen LogP contribution is 2.32. The molecule has 0 unspecified atom stereocenters. The molecular weight excluding hydrogens is 499 g/mol. The summed E-state index contributed by atoms with van der Waals surface area (Å²) in [6.45, 7) is 5.90. The molecule has 5 rings (SSSR count). The summed E-state index contributed by atoms with van der Waals surface area (Å²) in [5.74, 6) is 1.39. The minimum absolute atomic E-state index is 0.0193. The number of hydrogen-bond acceptors (Lipinski definition) is 5. The Kier molecular flexibility index (Phi) is 7.16. The van der Waals surface area contributed by atoms with Crippen molar-refractivity contribution in [2.24, 2.45) is 11.8 Å². The van der Waals surface area contributed by atoms with Crippen LogP contribution in [0.2, 0.25) is 0 Å². The van der Waals surface area contributed by atoms with E-state index in [1.54, 1.807) is 0 Å². The number of likely N-dealkylation sites (tertiary alicyclic amines) is 1. The van der Waals surface area contributed by atoms with Crippen LogP contribution in [0.5, 0.6) is 0 Å². The van der Waals surface area contributed by atoms with Crippen molar-refractivity contribution in [3.05, 3.63) is 51.4 Å². The molecule has 0 radical (unpaired) electrons. The van der Waals surface area contributed by atoms with E-state index in [4.69, 9.17) is 4.74 Å². The van der Waals surface area contributed by atoms with Crippen LogP contribution in [0.15, 0.2) is 29.0 Å². The van der Waals surface area contributed by atoms with Crippen LogP contribution in [0, 0.1) is 18.8 Å². The number of piperidine rings is 1. The molecule has 0 bridgehead atoms. The number of rotatable bonds is 4. The van der Waals surface area contributed by atoms with E-state index in [0.29, 0.717) is 31.3 Å². The topological polar surface area (TPSA) is 58.6 Å². The number of amides is 1. The first-order valence-electron chi connectivity index (χ1n) is 12.3. The van der Waals surface area contributed by atoms with E-state index in [2.05, 4.69) is 49.0 Å². The molecule has 1 aromatic heterocycles. The van der Waals surface area contributed by atoms with Gasteiger partial charge in [-0.15, -0.1) is 0 Å². The maximum absolute atomic E-state index is 14.2. The van der Waals surface area contributed by atoms with Gasteiger partial charge in [-0.2, -0.15) is 0 Å². The largest absolute Gasteiger partial charge is 0.378 e. The van der Waals surface area contributed by atoms with Crippen molar-refractivity contribution in [1.29, 1.82) is 0 Å². The van der Waals surface area contributed by atoms with Gasteiger partial charge in [-0.05, 0) is 74.1 Å². The highest BCUT2D eigenvalue weighted by atomic mass is 79.9. The van der Waals surface area contributed by atoms with Gasteiger partial charge in [0.1, 0.15) is 24.0 Å². The smallest absolute Gasteiger partial charge is 0.272 e. The van der Waals surface area contributed by atoms with Crippen LogP contribution >= 0.6 is 15.9 Å². The Labute approximate surface area is 209 Å². The van der Waals surface area contributed by atoms with Gasteiger partial charge in [0.05, 0.1) is 6.61 Å². The fourth-order valence-electron chi connectivity index (χ4n) is 5.64. The molecule has 2 atom stereocenters. The van der Waals surface area contributed by atoms with Crippen molar-refractivity contribution in [3.63, 3.8) is 0 Å². The van der Waals surface area contributed by atoms with Crippen LogP contribution < -0.4 is 4.90 Å². The van der Waals surface area contributed by atoms with E-state index < -0.39 is 6.17 Å². The fraction of sp³-hybridized carbons (Fsp3) is 0.577. The zero-order valence-corrected chi connectivity index (χ0v) is 21.3. The number of ether oxygens (including phenoxy) is 1. The highest BCUT2D eigenvalue weighted by Gasteiger charge is 2.32. The minimum Gasteiger partial charge on any atom is -0.378 e. The maximum Gasteiger partial charge on any atom is 0.272 e. The highest BCUT2D eigenvalue weighted by molar-refractivity contribution is 9.10. The van der Waals surface area contributed by atoms with Crippen molar-refractivity contribution in [2.75, 3.05) is 37.7 Å². The normalized spacial score (nSPS) is 23.6. The lowest BCUT2D eigenvalue weighted by Crippen LogP contribution is -2.41. The molecule has 0 saturated carbocycles. The first kappa shape index (κ1) is 23.7. The van der Waals surface area contributed by atoms with E-state index in [-0.39, 0.29) is 18.4 Å².